The van der Waals surface area contributed by atoms with E-state index in [1.807, 2.05) is 4.57 Å². The predicted octanol–water partition coefficient (Wildman–Crippen LogP) is 2.23. The zero-order valence-corrected chi connectivity index (χ0v) is 15.5. The fourth-order valence-corrected chi connectivity index (χ4v) is 2.91. The number of benzene rings is 1. The molecule has 0 atom stereocenters. The first kappa shape index (κ1) is 19.0. The fraction of sp³-hybridized carbons (Fsp3) is 0.412. The summed E-state index contributed by atoms with van der Waals surface area (Å²) in [7, 11) is -3.32. The van der Waals surface area contributed by atoms with E-state index in [0.29, 0.717) is 23.7 Å². The number of rotatable bonds is 8. The van der Waals surface area contributed by atoms with Gasteiger partial charge in [-0.15, -0.1) is 0 Å². The van der Waals surface area contributed by atoms with Crippen LogP contribution in [0, 0.1) is 5.92 Å². The second-order valence-corrected chi connectivity index (χ2v) is 8.21. The highest BCUT2D eigenvalue weighted by Gasteiger charge is 2.10. The lowest BCUT2D eigenvalue weighted by atomic mass is 10.2. The molecule has 2 N–H and O–H groups in total. The lowest BCUT2D eigenvalue weighted by Gasteiger charge is -2.11. The molecule has 8 heteroatoms. The molecule has 0 unspecified atom stereocenters. The Balaban J connectivity index is 1.96. The molecule has 1 aromatic heterocycles. The third-order valence-corrected chi connectivity index (χ3v) is 4.90. The molecular formula is C17H24N4O3S. The maximum Gasteiger partial charge on any atom is 0.251 e. The lowest BCUT2D eigenvalue weighted by Crippen LogP contribution is -2.24. The Morgan fingerprint density at radius 2 is 1.92 bits per heavy atom. The van der Waals surface area contributed by atoms with Gasteiger partial charge in [0.15, 0.2) is 0 Å². The predicted molar refractivity (Wildman–Crippen MR) is 97.8 cm³/mol. The van der Waals surface area contributed by atoms with Crippen molar-refractivity contribution >= 4 is 21.6 Å². The number of nitrogens with one attached hydrogen (secondary N) is 2. The zero-order chi connectivity index (χ0) is 18.4. The van der Waals surface area contributed by atoms with Crippen molar-refractivity contribution in [3.05, 3.63) is 48.0 Å². The molecule has 0 radical (unpaired) electrons. The number of hydrogen-bond acceptors (Lipinski definition) is 4. The van der Waals surface area contributed by atoms with Crippen LogP contribution in [0.2, 0.25) is 0 Å². The van der Waals surface area contributed by atoms with Gasteiger partial charge in [0.1, 0.15) is 0 Å². The summed E-state index contributed by atoms with van der Waals surface area (Å²) >= 11 is 0. The normalized spacial score (nSPS) is 11.5. The van der Waals surface area contributed by atoms with E-state index in [1.54, 1.807) is 43.7 Å². The van der Waals surface area contributed by atoms with Crippen molar-refractivity contribution in [3.63, 3.8) is 0 Å². The molecule has 0 aliphatic rings. The van der Waals surface area contributed by atoms with Gasteiger partial charge >= 0.3 is 0 Å². The lowest BCUT2D eigenvalue weighted by molar-refractivity contribution is 0.0950. The molecule has 1 heterocycles. The largest absolute Gasteiger partial charge is 0.346 e. The molecule has 0 saturated heterocycles. The fourth-order valence-electron chi connectivity index (χ4n) is 2.27. The Kier molecular flexibility index (Phi) is 6.19. The Morgan fingerprint density at radius 1 is 1.24 bits per heavy atom. The van der Waals surface area contributed by atoms with E-state index < -0.39 is 10.0 Å². The van der Waals surface area contributed by atoms with Gasteiger partial charge in [-0.2, -0.15) is 0 Å². The number of nitrogens with zero attached hydrogens (tertiary/aromatic N) is 2. The Bertz CT molecular complexity index is 811. The third-order valence-electron chi connectivity index (χ3n) is 3.59. The van der Waals surface area contributed by atoms with E-state index in [0.717, 1.165) is 12.2 Å². The van der Waals surface area contributed by atoms with Crippen molar-refractivity contribution in [3.8, 4) is 0 Å². The Labute approximate surface area is 148 Å². The summed E-state index contributed by atoms with van der Waals surface area (Å²) in [4.78, 5) is 16.4. The number of hydrogen-bond donors (Lipinski definition) is 2. The molecule has 136 valence electrons. The van der Waals surface area contributed by atoms with Crippen molar-refractivity contribution in [2.45, 2.75) is 33.9 Å². The first-order valence-corrected chi connectivity index (χ1v) is 9.83. The quantitative estimate of drug-likeness (QED) is 0.751. The van der Waals surface area contributed by atoms with Crippen LogP contribution in [0.4, 0.5) is 5.69 Å². The molecule has 25 heavy (non-hydrogen) atoms. The van der Waals surface area contributed by atoms with Crippen molar-refractivity contribution in [1.29, 1.82) is 0 Å². The third kappa shape index (κ3) is 5.60. The van der Waals surface area contributed by atoms with E-state index in [-0.39, 0.29) is 11.7 Å². The summed E-state index contributed by atoms with van der Waals surface area (Å²) < 4.78 is 27.5. The van der Waals surface area contributed by atoms with Crippen LogP contribution >= 0.6 is 0 Å². The molecule has 2 rings (SSSR count). The first-order valence-electron chi connectivity index (χ1n) is 8.18. The number of carbonyl (C=O) groups is 1. The minimum Gasteiger partial charge on any atom is -0.346 e. The van der Waals surface area contributed by atoms with Gasteiger partial charge < -0.3 is 9.88 Å². The van der Waals surface area contributed by atoms with E-state index in [4.69, 9.17) is 0 Å². The van der Waals surface area contributed by atoms with Crippen molar-refractivity contribution in [2.75, 3.05) is 10.5 Å². The van der Waals surface area contributed by atoms with Crippen LogP contribution in [0.1, 0.15) is 36.8 Å². The second kappa shape index (κ2) is 8.15. The SMILES string of the molecule is CCS(=O)(=O)Nc1ccc(C(=O)NCc2cncn2CC(C)C)cc1. The highest BCUT2D eigenvalue weighted by atomic mass is 32.2. The molecular weight excluding hydrogens is 340 g/mol. The van der Waals surface area contributed by atoms with Gasteiger partial charge in [0, 0.05) is 24.0 Å². The molecule has 0 saturated carbocycles. The van der Waals surface area contributed by atoms with Gasteiger partial charge in [0.25, 0.3) is 5.91 Å². The van der Waals surface area contributed by atoms with Crippen molar-refractivity contribution < 1.29 is 13.2 Å². The summed E-state index contributed by atoms with van der Waals surface area (Å²) in [5.74, 6) is 0.268. The van der Waals surface area contributed by atoms with Crippen molar-refractivity contribution in [2.24, 2.45) is 5.92 Å². The van der Waals surface area contributed by atoms with E-state index in [9.17, 15) is 13.2 Å². The first-order chi connectivity index (χ1) is 11.8. The molecule has 1 amide bonds. The molecule has 7 nitrogen and oxygen atoms in total. The topological polar surface area (TPSA) is 93.1 Å². The standard InChI is InChI=1S/C17H24N4O3S/c1-4-25(23,24)20-15-7-5-14(6-8-15)17(22)19-10-16-9-18-12-21(16)11-13(2)3/h5-9,12-13,20H,4,10-11H2,1-3H3,(H,19,22). The monoisotopic (exact) mass is 364 g/mol. The number of carbonyl (C=O) groups excluding carboxylic acids is 1. The maximum atomic E-state index is 12.2. The Morgan fingerprint density at radius 3 is 2.52 bits per heavy atom. The van der Waals surface area contributed by atoms with Gasteiger partial charge in [-0.05, 0) is 37.1 Å². The highest BCUT2D eigenvalue weighted by Crippen LogP contribution is 2.12. The van der Waals surface area contributed by atoms with E-state index in [1.165, 1.54) is 0 Å². The average Bonchev–Trinajstić information content (AvgIpc) is 2.99. The molecule has 0 spiro atoms. The van der Waals surface area contributed by atoms with Crippen LogP contribution in [0.25, 0.3) is 0 Å². The Hall–Kier alpha value is -2.35. The van der Waals surface area contributed by atoms with Crippen LogP contribution in [0.15, 0.2) is 36.8 Å². The van der Waals surface area contributed by atoms with Gasteiger partial charge in [0.2, 0.25) is 10.0 Å². The summed E-state index contributed by atoms with van der Waals surface area (Å²) in [5.41, 5.74) is 1.84. The molecule has 0 bridgehead atoms. The van der Waals surface area contributed by atoms with Crippen LogP contribution in [-0.4, -0.2) is 29.6 Å². The number of imidazole rings is 1. The van der Waals surface area contributed by atoms with Crippen LogP contribution in [0.5, 0.6) is 0 Å². The van der Waals surface area contributed by atoms with Crippen LogP contribution in [-0.2, 0) is 23.1 Å². The summed E-state index contributed by atoms with van der Waals surface area (Å²) in [6, 6.07) is 6.33. The van der Waals surface area contributed by atoms with Crippen LogP contribution in [0.3, 0.4) is 0 Å². The number of aromatic nitrogens is 2. The highest BCUT2D eigenvalue weighted by molar-refractivity contribution is 7.92. The van der Waals surface area contributed by atoms with Crippen molar-refractivity contribution in [1.82, 2.24) is 14.9 Å². The molecule has 2 aromatic rings. The minimum atomic E-state index is -3.32. The molecule has 0 aliphatic carbocycles. The molecule has 1 aromatic carbocycles. The number of sulfonamides is 1. The van der Waals surface area contributed by atoms with E-state index in [2.05, 4.69) is 28.9 Å². The smallest absolute Gasteiger partial charge is 0.251 e. The van der Waals surface area contributed by atoms with E-state index >= 15 is 0 Å². The maximum absolute atomic E-state index is 12.2. The minimum absolute atomic E-state index is 0.000697. The van der Waals surface area contributed by atoms with Gasteiger partial charge in [-0.25, -0.2) is 13.4 Å². The van der Waals surface area contributed by atoms with Crippen LogP contribution < -0.4 is 10.0 Å². The number of anilines is 1. The summed E-state index contributed by atoms with van der Waals surface area (Å²) in [5, 5.41) is 2.86. The van der Waals surface area contributed by atoms with Gasteiger partial charge in [0.05, 0.1) is 24.3 Å². The van der Waals surface area contributed by atoms with Gasteiger partial charge in [-0.1, -0.05) is 13.8 Å². The average molecular weight is 364 g/mol. The second-order valence-electron chi connectivity index (χ2n) is 6.20. The zero-order valence-electron chi connectivity index (χ0n) is 14.7. The summed E-state index contributed by atoms with van der Waals surface area (Å²) in [6.07, 6.45) is 3.50. The molecule has 0 aliphatic heterocycles. The van der Waals surface area contributed by atoms with Gasteiger partial charge in [-0.3, -0.25) is 9.52 Å². The summed E-state index contributed by atoms with van der Waals surface area (Å²) in [6.45, 7) is 7.04. The number of amides is 1. The molecule has 0 fully saturated rings.